The molecule has 4 aromatic rings. The average Bonchev–Trinajstić information content (AvgIpc) is 3.37. The molecule has 0 aliphatic heterocycles. The largest absolute Gasteiger partial charge is 0.497 e. The standard InChI is InChI=1S/C24H25N3O2S/c1-15(2)13-20(21-7-6-12-29-21)27(18-8-10-19(28-5)11-9-18)23-22-16(3)17(4)30-24(22)26-14-25-23/h6-12,14,20H,1,13H2,2-5H3. The van der Waals surface area contributed by atoms with Crippen molar-refractivity contribution in [2.24, 2.45) is 0 Å². The molecular weight excluding hydrogens is 394 g/mol. The number of benzene rings is 1. The van der Waals surface area contributed by atoms with E-state index in [9.17, 15) is 0 Å². The van der Waals surface area contributed by atoms with Crippen LogP contribution in [0, 0.1) is 13.8 Å². The lowest BCUT2D eigenvalue weighted by Gasteiger charge is -2.32. The molecule has 1 unspecified atom stereocenters. The minimum atomic E-state index is -0.0939. The average molecular weight is 420 g/mol. The van der Waals surface area contributed by atoms with E-state index in [4.69, 9.17) is 14.1 Å². The molecule has 0 aliphatic carbocycles. The van der Waals surface area contributed by atoms with Crippen molar-refractivity contribution in [1.82, 2.24) is 9.97 Å². The summed E-state index contributed by atoms with van der Waals surface area (Å²) in [5, 5.41) is 1.08. The zero-order chi connectivity index (χ0) is 21.3. The molecule has 5 nitrogen and oxygen atoms in total. The van der Waals surface area contributed by atoms with Gasteiger partial charge in [-0.15, -0.1) is 17.9 Å². The highest BCUT2D eigenvalue weighted by molar-refractivity contribution is 7.18. The fraction of sp³-hybridized carbons (Fsp3) is 0.250. The van der Waals surface area contributed by atoms with Crippen LogP contribution >= 0.6 is 11.3 Å². The van der Waals surface area contributed by atoms with Crippen LogP contribution in [0.15, 0.2) is 65.6 Å². The van der Waals surface area contributed by atoms with Gasteiger partial charge in [0.15, 0.2) is 0 Å². The number of ether oxygens (including phenoxy) is 1. The topological polar surface area (TPSA) is 51.4 Å². The van der Waals surface area contributed by atoms with Gasteiger partial charge in [0.05, 0.1) is 24.8 Å². The highest BCUT2D eigenvalue weighted by Crippen LogP contribution is 2.43. The van der Waals surface area contributed by atoms with Gasteiger partial charge in [-0.1, -0.05) is 5.57 Å². The molecule has 6 heteroatoms. The minimum Gasteiger partial charge on any atom is -0.497 e. The van der Waals surface area contributed by atoms with Crippen LogP contribution in [-0.4, -0.2) is 17.1 Å². The lowest BCUT2D eigenvalue weighted by atomic mass is 10.0. The van der Waals surface area contributed by atoms with E-state index < -0.39 is 0 Å². The maximum atomic E-state index is 5.86. The number of methoxy groups -OCH3 is 1. The molecule has 0 spiro atoms. The number of fused-ring (bicyclic) bond motifs is 1. The monoisotopic (exact) mass is 419 g/mol. The smallest absolute Gasteiger partial charge is 0.146 e. The van der Waals surface area contributed by atoms with E-state index in [2.05, 4.69) is 42.4 Å². The van der Waals surface area contributed by atoms with E-state index in [1.54, 1.807) is 31.0 Å². The first-order valence-corrected chi connectivity index (χ1v) is 10.6. The van der Waals surface area contributed by atoms with Crippen molar-refractivity contribution in [2.75, 3.05) is 12.0 Å². The number of rotatable bonds is 7. The number of aryl methyl sites for hydroxylation is 2. The van der Waals surface area contributed by atoms with Gasteiger partial charge >= 0.3 is 0 Å². The SMILES string of the molecule is C=C(C)CC(c1ccco1)N(c1ccc(OC)cc1)c1ncnc2sc(C)c(C)c12. The number of furan rings is 1. The first kappa shape index (κ1) is 20.2. The molecule has 0 bridgehead atoms. The Morgan fingerprint density at radius 2 is 1.97 bits per heavy atom. The summed E-state index contributed by atoms with van der Waals surface area (Å²) in [5.74, 6) is 2.54. The number of hydrogen-bond donors (Lipinski definition) is 0. The van der Waals surface area contributed by atoms with Gasteiger partial charge in [-0.25, -0.2) is 9.97 Å². The van der Waals surface area contributed by atoms with Crippen LogP contribution in [-0.2, 0) is 0 Å². The van der Waals surface area contributed by atoms with E-state index in [0.29, 0.717) is 0 Å². The Hall–Kier alpha value is -3.12. The van der Waals surface area contributed by atoms with Gasteiger partial charge in [0.25, 0.3) is 0 Å². The Labute approximate surface area is 180 Å². The molecule has 0 N–H and O–H groups in total. The Kier molecular flexibility index (Phi) is 5.59. The molecule has 3 heterocycles. The summed E-state index contributed by atoms with van der Waals surface area (Å²) in [6.07, 6.45) is 4.08. The molecule has 1 atom stereocenters. The molecule has 0 saturated carbocycles. The number of nitrogens with zero attached hydrogens (tertiary/aromatic N) is 3. The molecule has 4 rings (SSSR count). The number of aromatic nitrogens is 2. The second-order valence-electron chi connectivity index (χ2n) is 7.42. The van der Waals surface area contributed by atoms with Crippen molar-refractivity contribution in [2.45, 2.75) is 33.2 Å². The highest BCUT2D eigenvalue weighted by Gasteiger charge is 2.29. The summed E-state index contributed by atoms with van der Waals surface area (Å²) >= 11 is 1.70. The Balaban J connectivity index is 1.97. The molecule has 3 aromatic heterocycles. The van der Waals surface area contributed by atoms with Gasteiger partial charge in [-0.2, -0.15) is 0 Å². The molecule has 0 saturated heterocycles. The van der Waals surface area contributed by atoms with E-state index in [0.717, 1.165) is 45.2 Å². The first-order valence-electron chi connectivity index (χ1n) is 9.81. The summed E-state index contributed by atoms with van der Waals surface area (Å²) in [4.78, 5) is 13.8. The van der Waals surface area contributed by atoms with Gasteiger partial charge in [0.1, 0.15) is 28.5 Å². The maximum absolute atomic E-state index is 5.86. The normalized spacial score (nSPS) is 12.1. The van der Waals surface area contributed by atoms with Crippen LogP contribution in [0.5, 0.6) is 5.75 Å². The number of anilines is 2. The third kappa shape index (κ3) is 3.71. The van der Waals surface area contributed by atoms with E-state index >= 15 is 0 Å². The molecule has 0 amide bonds. The summed E-state index contributed by atoms with van der Waals surface area (Å²) in [7, 11) is 1.67. The third-order valence-electron chi connectivity index (χ3n) is 5.25. The molecule has 0 radical (unpaired) electrons. The first-order chi connectivity index (χ1) is 14.5. The molecule has 1 aromatic carbocycles. The van der Waals surface area contributed by atoms with Gasteiger partial charge in [-0.05, 0) is 69.2 Å². The molecule has 154 valence electrons. The Morgan fingerprint density at radius 3 is 2.60 bits per heavy atom. The Morgan fingerprint density at radius 1 is 1.20 bits per heavy atom. The van der Waals surface area contributed by atoms with Crippen LogP contribution in [0.3, 0.4) is 0 Å². The van der Waals surface area contributed by atoms with Gasteiger partial charge in [0, 0.05) is 10.6 Å². The van der Waals surface area contributed by atoms with Crippen LogP contribution < -0.4 is 9.64 Å². The van der Waals surface area contributed by atoms with E-state index in [1.165, 1.54) is 10.4 Å². The van der Waals surface area contributed by atoms with Crippen molar-refractivity contribution < 1.29 is 9.15 Å². The zero-order valence-corrected chi connectivity index (χ0v) is 18.5. The predicted octanol–water partition coefficient (Wildman–Crippen LogP) is 6.76. The molecule has 0 aliphatic rings. The number of hydrogen-bond acceptors (Lipinski definition) is 6. The van der Waals surface area contributed by atoms with E-state index in [1.807, 2.05) is 31.2 Å². The van der Waals surface area contributed by atoms with Gasteiger partial charge in [-0.3, -0.25) is 0 Å². The van der Waals surface area contributed by atoms with Crippen molar-refractivity contribution in [3.63, 3.8) is 0 Å². The fourth-order valence-corrected chi connectivity index (χ4v) is 4.66. The second-order valence-corrected chi connectivity index (χ2v) is 8.62. The lowest BCUT2D eigenvalue weighted by molar-refractivity contribution is 0.414. The van der Waals surface area contributed by atoms with Crippen LogP contribution in [0.2, 0.25) is 0 Å². The minimum absolute atomic E-state index is 0.0939. The van der Waals surface area contributed by atoms with Crippen LogP contribution in [0.4, 0.5) is 11.5 Å². The van der Waals surface area contributed by atoms with Crippen LogP contribution in [0.1, 0.15) is 35.6 Å². The molecule has 30 heavy (non-hydrogen) atoms. The second kappa shape index (κ2) is 8.32. The lowest BCUT2D eigenvalue weighted by Crippen LogP contribution is -2.25. The Bertz CT molecular complexity index is 1160. The van der Waals surface area contributed by atoms with Crippen molar-refractivity contribution in [3.05, 3.63) is 77.3 Å². The maximum Gasteiger partial charge on any atom is 0.146 e. The molecule has 0 fully saturated rings. The summed E-state index contributed by atoms with van der Waals surface area (Å²) < 4.78 is 11.2. The fourth-order valence-electron chi connectivity index (χ4n) is 3.67. The van der Waals surface area contributed by atoms with Gasteiger partial charge < -0.3 is 14.1 Å². The van der Waals surface area contributed by atoms with Gasteiger partial charge in [0.2, 0.25) is 0 Å². The quantitative estimate of drug-likeness (QED) is 0.310. The summed E-state index contributed by atoms with van der Waals surface area (Å²) in [6, 6.07) is 11.9. The van der Waals surface area contributed by atoms with Crippen molar-refractivity contribution >= 4 is 33.1 Å². The van der Waals surface area contributed by atoms with Crippen molar-refractivity contribution in [3.8, 4) is 5.75 Å². The van der Waals surface area contributed by atoms with E-state index in [-0.39, 0.29) is 6.04 Å². The van der Waals surface area contributed by atoms with Crippen LogP contribution in [0.25, 0.3) is 10.2 Å². The number of thiophene rings is 1. The summed E-state index contributed by atoms with van der Waals surface area (Å²) in [6.45, 7) is 10.5. The highest BCUT2D eigenvalue weighted by atomic mass is 32.1. The molecular formula is C24H25N3O2S. The van der Waals surface area contributed by atoms with Crippen molar-refractivity contribution in [1.29, 1.82) is 0 Å². The predicted molar refractivity (Wildman–Crippen MR) is 123 cm³/mol. The summed E-state index contributed by atoms with van der Waals surface area (Å²) in [5.41, 5.74) is 3.28. The third-order valence-corrected chi connectivity index (χ3v) is 6.36. The zero-order valence-electron chi connectivity index (χ0n) is 17.7.